The number of carbonyl (C=O) groups is 1. The minimum Gasteiger partial charge on any atom is -0.478 e. The third-order valence-corrected chi connectivity index (χ3v) is 2.10. The van der Waals surface area contributed by atoms with Crippen LogP contribution in [0.15, 0.2) is 23.3 Å². The van der Waals surface area contributed by atoms with Crippen molar-refractivity contribution in [3.8, 4) is 11.8 Å². The molecule has 0 fully saturated rings. The zero-order valence-electron chi connectivity index (χ0n) is 9.34. The summed E-state index contributed by atoms with van der Waals surface area (Å²) in [4.78, 5) is 13.5. The van der Waals surface area contributed by atoms with Crippen LogP contribution in [0, 0.1) is 18.8 Å². The number of aromatic carboxylic acids is 1. The molecule has 0 aliphatic carbocycles. The highest BCUT2D eigenvalue weighted by Crippen LogP contribution is 2.10. The molecular formula is C12H11N3O2. The van der Waals surface area contributed by atoms with Crippen molar-refractivity contribution in [3.05, 3.63) is 45.3 Å². The Morgan fingerprint density at radius 3 is 3.00 bits per heavy atom. The minimum atomic E-state index is -0.958. The van der Waals surface area contributed by atoms with Gasteiger partial charge in [-0.3, -0.25) is 0 Å². The van der Waals surface area contributed by atoms with Gasteiger partial charge in [0.25, 0.3) is 0 Å². The topological polar surface area (TPSA) is 86.1 Å². The molecule has 1 aromatic carbocycles. The Morgan fingerprint density at radius 2 is 2.35 bits per heavy atom. The molecule has 1 N–H and O–H groups in total. The molecule has 0 saturated carbocycles. The predicted molar refractivity (Wildman–Crippen MR) is 63.6 cm³/mol. The van der Waals surface area contributed by atoms with Gasteiger partial charge in [-0.2, -0.15) is 0 Å². The van der Waals surface area contributed by atoms with Gasteiger partial charge in [0.1, 0.15) is 0 Å². The van der Waals surface area contributed by atoms with Crippen molar-refractivity contribution in [2.75, 3.05) is 6.54 Å². The summed E-state index contributed by atoms with van der Waals surface area (Å²) < 4.78 is 0. The van der Waals surface area contributed by atoms with E-state index in [2.05, 4.69) is 21.9 Å². The van der Waals surface area contributed by atoms with Gasteiger partial charge in [0.15, 0.2) is 0 Å². The highest BCUT2D eigenvalue weighted by atomic mass is 16.4. The van der Waals surface area contributed by atoms with Crippen molar-refractivity contribution in [3.63, 3.8) is 0 Å². The summed E-state index contributed by atoms with van der Waals surface area (Å²) in [6, 6.07) is 5.03. The molecule has 0 aliphatic heterocycles. The van der Waals surface area contributed by atoms with Gasteiger partial charge in [-0.05, 0) is 30.2 Å². The first kappa shape index (κ1) is 12.6. The Labute approximate surface area is 98.7 Å². The molecule has 1 aromatic rings. The number of hydrogen-bond acceptors (Lipinski definition) is 2. The van der Waals surface area contributed by atoms with Crippen LogP contribution in [-0.2, 0) is 0 Å². The quantitative estimate of drug-likeness (QED) is 0.284. The molecule has 0 bridgehead atoms. The molecule has 0 aromatic heterocycles. The molecule has 0 heterocycles. The fourth-order valence-electron chi connectivity index (χ4n) is 1.25. The van der Waals surface area contributed by atoms with Crippen LogP contribution in [-0.4, -0.2) is 17.6 Å². The number of nitrogens with zero attached hydrogens (tertiary/aromatic N) is 3. The lowest BCUT2D eigenvalue weighted by atomic mass is 10.1. The van der Waals surface area contributed by atoms with Gasteiger partial charge in [0.2, 0.25) is 0 Å². The lowest BCUT2D eigenvalue weighted by Gasteiger charge is -2.00. The van der Waals surface area contributed by atoms with Gasteiger partial charge in [0, 0.05) is 23.4 Å². The summed E-state index contributed by atoms with van der Waals surface area (Å²) in [6.07, 6.45) is 0.459. The van der Waals surface area contributed by atoms with Gasteiger partial charge in [-0.25, -0.2) is 4.79 Å². The molecule has 0 amide bonds. The monoisotopic (exact) mass is 229 g/mol. The highest BCUT2D eigenvalue weighted by Gasteiger charge is 2.06. The van der Waals surface area contributed by atoms with E-state index in [1.165, 1.54) is 6.07 Å². The summed E-state index contributed by atoms with van der Waals surface area (Å²) in [5.74, 6) is 4.69. The lowest BCUT2D eigenvalue weighted by molar-refractivity contribution is 0.0696. The van der Waals surface area contributed by atoms with Crippen molar-refractivity contribution >= 4 is 5.97 Å². The van der Waals surface area contributed by atoms with Crippen LogP contribution in [0.2, 0.25) is 0 Å². The average Bonchev–Trinajstić information content (AvgIpc) is 2.30. The summed E-state index contributed by atoms with van der Waals surface area (Å²) in [5, 5.41) is 12.3. The van der Waals surface area contributed by atoms with E-state index in [1.807, 2.05) is 0 Å². The maximum Gasteiger partial charge on any atom is 0.335 e. The molecule has 86 valence electrons. The normalized spacial score (nSPS) is 8.76. The maximum absolute atomic E-state index is 10.9. The van der Waals surface area contributed by atoms with Crippen molar-refractivity contribution in [1.82, 2.24) is 0 Å². The molecular weight excluding hydrogens is 218 g/mol. The van der Waals surface area contributed by atoms with Crippen molar-refractivity contribution in [1.29, 1.82) is 0 Å². The minimum absolute atomic E-state index is 0.256. The van der Waals surface area contributed by atoms with Crippen LogP contribution in [0.5, 0.6) is 0 Å². The van der Waals surface area contributed by atoms with Crippen molar-refractivity contribution < 1.29 is 9.90 Å². The number of rotatable bonds is 3. The number of carboxylic acids is 1. The first-order valence-corrected chi connectivity index (χ1v) is 4.99. The van der Waals surface area contributed by atoms with E-state index in [4.69, 9.17) is 10.6 Å². The lowest BCUT2D eigenvalue weighted by Crippen LogP contribution is -1.99. The van der Waals surface area contributed by atoms with Crippen molar-refractivity contribution in [2.24, 2.45) is 5.11 Å². The van der Waals surface area contributed by atoms with E-state index in [0.717, 1.165) is 0 Å². The Kier molecular flexibility index (Phi) is 4.61. The first-order chi connectivity index (χ1) is 8.15. The molecule has 0 atom stereocenters. The number of hydrogen-bond donors (Lipinski definition) is 1. The molecule has 0 radical (unpaired) electrons. The van der Waals surface area contributed by atoms with E-state index in [1.54, 1.807) is 19.1 Å². The fourth-order valence-corrected chi connectivity index (χ4v) is 1.25. The fraction of sp³-hybridized carbons (Fsp3) is 0.250. The number of carboxylic acid groups (broad SMARTS) is 1. The Bertz CT molecular complexity index is 534. The van der Waals surface area contributed by atoms with Crippen LogP contribution >= 0.6 is 0 Å². The van der Waals surface area contributed by atoms with E-state index in [0.29, 0.717) is 24.1 Å². The standard InChI is InChI=1S/C12H11N3O2/c1-9-5-6-10(8-11(9)12(16)17)4-2-3-7-14-15-13/h5-6,8H,3,7H2,1H3,(H,16,17). The zero-order chi connectivity index (χ0) is 12.7. The third kappa shape index (κ3) is 3.90. The summed E-state index contributed by atoms with van der Waals surface area (Å²) in [7, 11) is 0. The summed E-state index contributed by atoms with van der Waals surface area (Å²) >= 11 is 0. The summed E-state index contributed by atoms with van der Waals surface area (Å²) in [6.45, 7) is 2.06. The van der Waals surface area contributed by atoms with Crippen LogP contribution in [0.25, 0.3) is 10.4 Å². The van der Waals surface area contributed by atoms with Crippen LogP contribution < -0.4 is 0 Å². The van der Waals surface area contributed by atoms with Gasteiger partial charge >= 0.3 is 5.97 Å². The van der Waals surface area contributed by atoms with Gasteiger partial charge in [-0.1, -0.05) is 23.0 Å². The number of benzene rings is 1. The maximum atomic E-state index is 10.9. The molecule has 0 saturated heterocycles. The highest BCUT2D eigenvalue weighted by molar-refractivity contribution is 5.89. The molecule has 17 heavy (non-hydrogen) atoms. The van der Waals surface area contributed by atoms with E-state index in [9.17, 15) is 4.79 Å². The number of azide groups is 1. The third-order valence-electron chi connectivity index (χ3n) is 2.10. The zero-order valence-corrected chi connectivity index (χ0v) is 9.34. The van der Waals surface area contributed by atoms with Crippen molar-refractivity contribution in [2.45, 2.75) is 13.3 Å². The second kappa shape index (κ2) is 6.21. The van der Waals surface area contributed by atoms with E-state index < -0.39 is 5.97 Å². The smallest absolute Gasteiger partial charge is 0.335 e. The predicted octanol–water partition coefficient (Wildman–Crippen LogP) is 2.75. The molecule has 5 nitrogen and oxygen atoms in total. The first-order valence-electron chi connectivity index (χ1n) is 4.99. The molecule has 5 heteroatoms. The van der Waals surface area contributed by atoms with Gasteiger partial charge < -0.3 is 5.11 Å². The largest absolute Gasteiger partial charge is 0.478 e. The van der Waals surface area contributed by atoms with E-state index >= 15 is 0 Å². The SMILES string of the molecule is Cc1ccc(C#CCCN=[N+]=[N-])cc1C(=O)O. The number of aryl methyl sites for hydroxylation is 1. The molecule has 0 unspecified atom stereocenters. The van der Waals surface area contributed by atoms with E-state index in [-0.39, 0.29) is 5.56 Å². The van der Waals surface area contributed by atoms with Gasteiger partial charge in [0.05, 0.1) is 5.56 Å². The molecule has 0 spiro atoms. The van der Waals surface area contributed by atoms with Crippen LogP contribution in [0.3, 0.4) is 0 Å². The Balaban J connectivity index is 2.82. The molecule has 0 aliphatic rings. The van der Waals surface area contributed by atoms with Crippen LogP contribution in [0.1, 0.15) is 27.9 Å². The molecule has 1 rings (SSSR count). The van der Waals surface area contributed by atoms with Crippen LogP contribution in [0.4, 0.5) is 0 Å². The van der Waals surface area contributed by atoms with Gasteiger partial charge in [-0.15, -0.1) is 0 Å². The average molecular weight is 229 g/mol. The second-order valence-corrected chi connectivity index (χ2v) is 3.34. The Hall–Kier alpha value is -2.44. The summed E-state index contributed by atoms with van der Waals surface area (Å²) in [5.41, 5.74) is 9.66. The Morgan fingerprint density at radius 1 is 1.59 bits per heavy atom. The second-order valence-electron chi connectivity index (χ2n) is 3.34.